The molecule has 3 N–H and O–H groups in total. The summed E-state index contributed by atoms with van der Waals surface area (Å²) in [7, 11) is 0. The number of hydrogen-bond acceptors (Lipinski definition) is 3. The maximum absolute atomic E-state index is 5.71. The third-order valence-electron chi connectivity index (χ3n) is 2.74. The number of hydrogen-bond donors (Lipinski definition) is 2. The minimum Gasteiger partial charge on any atom is -0.399 e. The summed E-state index contributed by atoms with van der Waals surface area (Å²) in [6.07, 6.45) is 5.44. The zero-order valence-electron chi connectivity index (χ0n) is 8.37. The van der Waals surface area contributed by atoms with Gasteiger partial charge in [-0.1, -0.05) is 0 Å². The van der Waals surface area contributed by atoms with Crippen molar-refractivity contribution in [3.05, 3.63) is 24.0 Å². The van der Waals surface area contributed by atoms with Gasteiger partial charge in [-0.25, -0.2) is 0 Å². The number of aromatic nitrogens is 1. The van der Waals surface area contributed by atoms with E-state index in [4.69, 9.17) is 5.73 Å². The molecule has 14 heavy (non-hydrogen) atoms. The van der Waals surface area contributed by atoms with Crippen molar-refractivity contribution >= 4 is 5.69 Å². The van der Waals surface area contributed by atoms with Crippen LogP contribution in [0.5, 0.6) is 0 Å². The van der Waals surface area contributed by atoms with Crippen LogP contribution in [0.4, 0.5) is 5.69 Å². The molecule has 1 aliphatic rings. The Morgan fingerprint density at radius 2 is 2.50 bits per heavy atom. The molecule has 76 valence electrons. The van der Waals surface area contributed by atoms with Crippen LogP contribution >= 0.6 is 0 Å². The lowest BCUT2D eigenvalue weighted by Crippen LogP contribution is -2.31. The van der Waals surface area contributed by atoms with E-state index in [9.17, 15) is 0 Å². The van der Waals surface area contributed by atoms with Crippen molar-refractivity contribution in [2.45, 2.75) is 19.3 Å². The van der Waals surface area contributed by atoms with Crippen molar-refractivity contribution < 1.29 is 0 Å². The summed E-state index contributed by atoms with van der Waals surface area (Å²) in [5.41, 5.74) is 7.65. The van der Waals surface area contributed by atoms with Gasteiger partial charge >= 0.3 is 0 Å². The number of piperidine rings is 1. The second-order valence-corrected chi connectivity index (χ2v) is 4.00. The summed E-state index contributed by atoms with van der Waals surface area (Å²) >= 11 is 0. The maximum atomic E-state index is 5.71. The molecule has 1 aromatic heterocycles. The number of nitrogens with one attached hydrogen (secondary N) is 1. The third kappa shape index (κ3) is 2.45. The highest BCUT2D eigenvalue weighted by Gasteiger charge is 2.13. The van der Waals surface area contributed by atoms with E-state index in [-0.39, 0.29) is 0 Å². The van der Waals surface area contributed by atoms with Crippen LogP contribution in [-0.4, -0.2) is 18.1 Å². The smallest absolute Gasteiger partial charge is 0.0427 e. The minimum atomic E-state index is 0.734. The molecule has 1 aromatic rings. The highest BCUT2D eigenvalue weighted by molar-refractivity contribution is 5.37. The predicted molar refractivity (Wildman–Crippen MR) is 57.9 cm³/mol. The zero-order valence-corrected chi connectivity index (χ0v) is 8.37. The lowest BCUT2D eigenvalue weighted by Gasteiger charge is -2.22. The average Bonchev–Trinajstić information content (AvgIpc) is 2.19. The quantitative estimate of drug-likeness (QED) is 0.738. The van der Waals surface area contributed by atoms with Crippen molar-refractivity contribution in [2.24, 2.45) is 5.92 Å². The first-order valence-electron chi connectivity index (χ1n) is 5.26. The zero-order chi connectivity index (χ0) is 9.80. The first-order valence-corrected chi connectivity index (χ1v) is 5.26. The highest BCUT2D eigenvalue weighted by Crippen LogP contribution is 2.15. The van der Waals surface area contributed by atoms with Gasteiger partial charge in [0.25, 0.3) is 0 Å². The minimum absolute atomic E-state index is 0.734. The number of nitrogens with two attached hydrogens (primary N) is 1. The number of pyridine rings is 1. The van der Waals surface area contributed by atoms with Crippen LogP contribution in [-0.2, 0) is 6.42 Å². The van der Waals surface area contributed by atoms with Gasteiger partial charge in [-0.3, -0.25) is 4.98 Å². The van der Waals surface area contributed by atoms with E-state index in [1.807, 2.05) is 12.1 Å². The van der Waals surface area contributed by atoms with Crippen LogP contribution in [0.1, 0.15) is 18.5 Å². The van der Waals surface area contributed by atoms with Crippen molar-refractivity contribution in [2.75, 3.05) is 18.8 Å². The van der Waals surface area contributed by atoms with Crippen LogP contribution in [0.15, 0.2) is 18.3 Å². The Kier molecular flexibility index (Phi) is 2.99. The first-order chi connectivity index (χ1) is 6.84. The van der Waals surface area contributed by atoms with Gasteiger partial charge in [0.15, 0.2) is 0 Å². The van der Waals surface area contributed by atoms with Gasteiger partial charge in [0.1, 0.15) is 0 Å². The van der Waals surface area contributed by atoms with Gasteiger partial charge in [0, 0.05) is 17.6 Å². The Labute approximate surface area is 84.7 Å². The van der Waals surface area contributed by atoms with E-state index < -0.39 is 0 Å². The second-order valence-electron chi connectivity index (χ2n) is 4.00. The molecule has 0 spiro atoms. The molecule has 3 nitrogen and oxygen atoms in total. The molecule has 2 rings (SSSR count). The Morgan fingerprint density at radius 1 is 1.57 bits per heavy atom. The van der Waals surface area contributed by atoms with Crippen LogP contribution in [0, 0.1) is 5.92 Å². The second kappa shape index (κ2) is 4.42. The molecule has 0 aromatic carbocycles. The summed E-state index contributed by atoms with van der Waals surface area (Å²) in [4.78, 5) is 4.33. The van der Waals surface area contributed by atoms with Gasteiger partial charge in [-0.2, -0.15) is 0 Å². The van der Waals surface area contributed by atoms with Gasteiger partial charge < -0.3 is 11.1 Å². The van der Waals surface area contributed by atoms with E-state index in [2.05, 4.69) is 10.3 Å². The summed E-state index contributed by atoms with van der Waals surface area (Å²) < 4.78 is 0. The van der Waals surface area contributed by atoms with Crippen molar-refractivity contribution in [1.82, 2.24) is 10.3 Å². The lowest BCUT2D eigenvalue weighted by atomic mass is 9.94. The molecular formula is C11H17N3. The largest absolute Gasteiger partial charge is 0.399 e. The molecule has 0 aliphatic carbocycles. The average molecular weight is 191 g/mol. The van der Waals surface area contributed by atoms with Gasteiger partial charge in [-0.05, 0) is 50.4 Å². The van der Waals surface area contributed by atoms with E-state index in [1.165, 1.54) is 19.4 Å². The van der Waals surface area contributed by atoms with Crippen molar-refractivity contribution in [3.8, 4) is 0 Å². The standard InChI is InChI=1S/C11H17N3/c12-10-3-5-14-11(7-10)6-9-2-1-4-13-8-9/h3,5,7,9,13H,1-2,4,6,8H2,(H2,12,14). The fourth-order valence-corrected chi connectivity index (χ4v) is 2.00. The molecule has 0 saturated carbocycles. The van der Waals surface area contributed by atoms with Crippen LogP contribution in [0.3, 0.4) is 0 Å². The topological polar surface area (TPSA) is 50.9 Å². The maximum Gasteiger partial charge on any atom is 0.0427 e. The summed E-state index contributed by atoms with van der Waals surface area (Å²) in [6, 6.07) is 3.82. The van der Waals surface area contributed by atoms with E-state index >= 15 is 0 Å². The van der Waals surface area contributed by atoms with Crippen LogP contribution in [0.25, 0.3) is 0 Å². The summed E-state index contributed by atoms with van der Waals surface area (Å²) in [6.45, 7) is 2.29. The Bertz CT molecular complexity index is 292. The van der Waals surface area contributed by atoms with Crippen LogP contribution in [0.2, 0.25) is 0 Å². The number of anilines is 1. The highest BCUT2D eigenvalue weighted by atomic mass is 14.9. The van der Waals surface area contributed by atoms with E-state index in [1.54, 1.807) is 6.20 Å². The monoisotopic (exact) mass is 191 g/mol. The molecule has 1 aliphatic heterocycles. The first kappa shape index (κ1) is 9.46. The lowest BCUT2D eigenvalue weighted by molar-refractivity contribution is 0.373. The molecule has 1 fully saturated rings. The van der Waals surface area contributed by atoms with Crippen molar-refractivity contribution in [1.29, 1.82) is 0 Å². The number of rotatable bonds is 2. The molecule has 1 atom stereocenters. The van der Waals surface area contributed by atoms with E-state index in [0.717, 1.165) is 30.3 Å². The van der Waals surface area contributed by atoms with Gasteiger partial charge in [-0.15, -0.1) is 0 Å². The molecular weight excluding hydrogens is 174 g/mol. The summed E-state index contributed by atoms with van der Waals surface area (Å²) in [5.74, 6) is 0.734. The third-order valence-corrected chi connectivity index (χ3v) is 2.74. The van der Waals surface area contributed by atoms with E-state index in [0.29, 0.717) is 0 Å². The molecule has 1 unspecified atom stereocenters. The molecule has 1 saturated heterocycles. The normalized spacial score (nSPS) is 22.1. The molecule has 0 bridgehead atoms. The molecule has 0 radical (unpaired) electrons. The van der Waals surface area contributed by atoms with Gasteiger partial charge in [0.2, 0.25) is 0 Å². The number of nitrogens with zero attached hydrogens (tertiary/aromatic N) is 1. The van der Waals surface area contributed by atoms with Crippen LogP contribution < -0.4 is 11.1 Å². The fraction of sp³-hybridized carbons (Fsp3) is 0.545. The molecule has 3 heteroatoms. The van der Waals surface area contributed by atoms with Gasteiger partial charge in [0.05, 0.1) is 0 Å². The Balaban J connectivity index is 1.95. The van der Waals surface area contributed by atoms with Crippen molar-refractivity contribution in [3.63, 3.8) is 0 Å². The molecule has 2 heterocycles. The molecule has 0 amide bonds. The SMILES string of the molecule is Nc1ccnc(CC2CCCNC2)c1. The predicted octanol–water partition coefficient (Wildman–Crippen LogP) is 1.21. The number of nitrogen functional groups attached to an aromatic ring is 1. The Hall–Kier alpha value is -1.09. The Morgan fingerprint density at radius 3 is 3.21 bits per heavy atom. The summed E-state index contributed by atoms with van der Waals surface area (Å²) in [5, 5.41) is 3.41. The fourth-order valence-electron chi connectivity index (χ4n) is 2.00.